The van der Waals surface area contributed by atoms with Crippen molar-refractivity contribution in [2.75, 3.05) is 20.3 Å². The summed E-state index contributed by atoms with van der Waals surface area (Å²) in [5.41, 5.74) is 0.776. The number of nitrogens with zero attached hydrogens (tertiary/aromatic N) is 1. The Bertz CT molecular complexity index is 905. The molecule has 1 aromatic heterocycles. The van der Waals surface area contributed by atoms with E-state index in [9.17, 15) is 4.79 Å². The molecule has 0 atom stereocenters. The highest BCUT2D eigenvalue weighted by molar-refractivity contribution is 5.89. The number of rotatable bonds is 20. The van der Waals surface area contributed by atoms with E-state index in [1.165, 1.54) is 51.4 Å². The molecule has 5 heteroatoms. The molecule has 0 amide bonds. The van der Waals surface area contributed by atoms with E-state index in [2.05, 4.69) is 20.8 Å². The lowest BCUT2D eigenvalue weighted by atomic mass is 10.1. The minimum Gasteiger partial charge on any atom is -0.497 e. The fraction of sp³-hybridized carbons (Fsp3) is 0.700. The summed E-state index contributed by atoms with van der Waals surface area (Å²) in [4.78, 5) is 13.7. The number of methoxy groups -OCH3 is 1. The van der Waals surface area contributed by atoms with Crippen LogP contribution in [0.2, 0.25) is 0 Å². The van der Waals surface area contributed by atoms with Gasteiger partial charge in [-0.05, 0) is 31.4 Å². The quantitative estimate of drug-likeness (QED) is 0.176. The molecule has 0 N–H and O–H groups in total. The minimum atomic E-state index is -0.0863. The van der Waals surface area contributed by atoms with Gasteiger partial charge in [0.05, 0.1) is 25.8 Å². The van der Waals surface area contributed by atoms with E-state index in [4.69, 9.17) is 14.2 Å². The number of hydrogen-bond acceptors (Lipinski definition) is 4. The van der Waals surface area contributed by atoms with Crippen LogP contribution in [-0.4, -0.2) is 24.9 Å². The van der Waals surface area contributed by atoms with Gasteiger partial charge in [0, 0.05) is 18.0 Å². The minimum absolute atomic E-state index is 0.0863. The van der Waals surface area contributed by atoms with Gasteiger partial charge >= 0.3 is 0 Å². The maximum Gasteiger partial charge on any atom is 0.297 e. The Kier molecular flexibility index (Phi) is 14.4. The Hall–Kier alpha value is -2.17. The number of fused-ring (bicyclic) bond motifs is 1. The van der Waals surface area contributed by atoms with E-state index in [-0.39, 0.29) is 5.56 Å². The van der Waals surface area contributed by atoms with Crippen LogP contribution in [0.15, 0.2) is 23.0 Å². The van der Waals surface area contributed by atoms with E-state index in [1.807, 2.05) is 22.8 Å². The molecular formula is C30H49NO4. The molecule has 0 saturated carbocycles. The predicted octanol–water partition coefficient (Wildman–Crippen LogP) is 8.29. The first kappa shape index (κ1) is 29.1. The van der Waals surface area contributed by atoms with Gasteiger partial charge in [0.15, 0.2) is 5.75 Å². The number of pyridine rings is 1. The fourth-order valence-corrected chi connectivity index (χ4v) is 4.45. The summed E-state index contributed by atoms with van der Waals surface area (Å²) in [6.07, 6.45) is 16.0. The van der Waals surface area contributed by atoms with E-state index >= 15 is 0 Å². The summed E-state index contributed by atoms with van der Waals surface area (Å²) in [6, 6.07) is 5.91. The first-order chi connectivity index (χ1) is 17.2. The van der Waals surface area contributed by atoms with Gasteiger partial charge in [-0.2, -0.15) is 0 Å². The van der Waals surface area contributed by atoms with Crippen molar-refractivity contribution in [2.45, 2.75) is 117 Å². The second kappa shape index (κ2) is 17.3. The molecule has 1 aromatic carbocycles. The molecule has 1 heterocycles. The van der Waals surface area contributed by atoms with Crippen LogP contribution in [0, 0.1) is 0 Å². The number of aromatic nitrogens is 1. The third kappa shape index (κ3) is 9.42. The van der Waals surface area contributed by atoms with Crippen molar-refractivity contribution in [1.29, 1.82) is 0 Å². The molecule has 5 nitrogen and oxygen atoms in total. The lowest BCUT2D eigenvalue weighted by molar-refractivity contribution is 0.256. The summed E-state index contributed by atoms with van der Waals surface area (Å²) < 4.78 is 19.8. The molecule has 0 aliphatic carbocycles. The molecule has 0 radical (unpaired) electrons. The van der Waals surface area contributed by atoms with E-state index < -0.39 is 0 Å². The van der Waals surface area contributed by atoms with Gasteiger partial charge in [-0.1, -0.05) is 91.4 Å². The molecule has 198 valence electrons. The zero-order chi connectivity index (χ0) is 25.3. The smallest absolute Gasteiger partial charge is 0.297 e. The average molecular weight is 488 g/mol. The molecule has 0 aliphatic heterocycles. The monoisotopic (exact) mass is 487 g/mol. The van der Waals surface area contributed by atoms with Crippen molar-refractivity contribution in [2.24, 2.45) is 0 Å². The summed E-state index contributed by atoms with van der Waals surface area (Å²) in [6.45, 7) is 8.45. The predicted molar refractivity (Wildman–Crippen MR) is 147 cm³/mol. The van der Waals surface area contributed by atoms with E-state index in [0.29, 0.717) is 31.3 Å². The van der Waals surface area contributed by atoms with Gasteiger partial charge in [-0.25, -0.2) is 0 Å². The lowest BCUT2D eigenvalue weighted by Crippen LogP contribution is -2.24. The van der Waals surface area contributed by atoms with Crippen LogP contribution in [0.1, 0.15) is 111 Å². The fourth-order valence-electron chi connectivity index (χ4n) is 4.45. The third-order valence-electron chi connectivity index (χ3n) is 6.61. The van der Waals surface area contributed by atoms with Crippen LogP contribution < -0.4 is 19.8 Å². The SMILES string of the molecule is CCCCCCCCOc1c(OCCCCCC)c2ccc(OC)cc2n(CCCCCC)c1=O. The molecule has 2 aromatic rings. The Labute approximate surface area is 213 Å². The second-order valence-electron chi connectivity index (χ2n) is 9.58. The van der Waals surface area contributed by atoms with Gasteiger partial charge in [-0.3, -0.25) is 4.79 Å². The Morgan fingerprint density at radius 1 is 0.686 bits per heavy atom. The van der Waals surface area contributed by atoms with Crippen LogP contribution in [0.3, 0.4) is 0 Å². The molecule has 2 rings (SSSR count). The molecule has 0 spiro atoms. The number of hydrogen-bond donors (Lipinski definition) is 0. The first-order valence-corrected chi connectivity index (χ1v) is 14.2. The van der Waals surface area contributed by atoms with Crippen LogP contribution >= 0.6 is 0 Å². The Morgan fingerprint density at radius 3 is 1.86 bits per heavy atom. The van der Waals surface area contributed by atoms with Crippen molar-refractivity contribution in [1.82, 2.24) is 4.57 Å². The van der Waals surface area contributed by atoms with Gasteiger partial charge in [0.25, 0.3) is 5.56 Å². The highest BCUT2D eigenvalue weighted by atomic mass is 16.5. The highest BCUT2D eigenvalue weighted by Gasteiger charge is 2.20. The van der Waals surface area contributed by atoms with Gasteiger partial charge in [0.1, 0.15) is 5.75 Å². The van der Waals surface area contributed by atoms with Crippen molar-refractivity contribution in [3.63, 3.8) is 0 Å². The normalized spacial score (nSPS) is 11.2. The number of benzene rings is 1. The van der Waals surface area contributed by atoms with Gasteiger partial charge < -0.3 is 18.8 Å². The number of unbranched alkanes of at least 4 members (excludes halogenated alkanes) is 11. The Balaban J connectivity index is 2.34. The molecule has 35 heavy (non-hydrogen) atoms. The second-order valence-corrected chi connectivity index (χ2v) is 9.58. The molecule has 0 bridgehead atoms. The maximum absolute atomic E-state index is 13.7. The average Bonchev–Trinajstić information content (AvgIpc) is 2.88. The van der Waals surface area contributed by atoms with Gasteiger partial charge in [-0.15, -0.1) is 0 Å². The van der Waals surface area contributed by atoms with Gasteiger partial charge in [0.2, 0.25) is 5.75 Å². The van der Waals surface area contributed by atoms with Crippen LogP contribution in [-0.2, 0) is 6.54 Å². The largest absolute Gasteiger partial charge is 0.497 e. The van der Waals surface area contributed by atoms with E-state index in [1.54, 1.807) is 7.11 Å². The third-order valence-corrected chi connectivity index (χ3v) is 6.61. The summed E-state index contributed by atoms with van der Waals surface area (Å²) in [7, 11) is 1.66. The van der Waals surface area contributed by atoms with Crippen molar-refractivity contribution < 1.29 is 14.2 Å². The van der Waals surface area contributed by atoms with Crippen LogP contribution in [0.25, 0.3) is 10.9 Å². The maximum atomic E-state index is 13.7. The summed E-state index contributed by atoms with van der Waals surface area (Å²) >= 11 is 0. The summed E-state index contributed by atoms with van der Waals surface area (Å²) in [5, 5.41) is 0.925. The topological polar surface area (TPSA) is 49.7 Å². The Morgan fingerprint density at radius 2 is 1.23 bits per heavy atom. The van der Waals surface area contributed by atoms with E-state index in [0.717, 1.165) is 55.2 Å². The molecule has 0 aliphatic rings. The summed E-state index contributed by atoms with van der Waals surface area (Å²) in [5.74, 6) is 1.72. The lowest BCUT2D eigenvalue weighted by Gasteiger charge is -2.19. The zero-order valence-corrected chi connectivity index (χ0v) is 22.8. The molecular weight excluding hydrogens is 438 g/mol. The number of aryl methyl sites for hydroxylation is 1. The zero-order valence-electron chi connectivity index (χ0n) is 22.8. The standard InChI is InChI=1S/C30H49NO4/c1-5-8-11-14-15-18-23-35-29-28(34-22-17-13-10-7-3)26-20-19-25(33-4)24-27(26)31(30(29)32)21-16-12-9-6-2/h19-20,24H,5-18,21-23H2,1-4H3. The van der Waals surface area contributed by atoms with Crippen LogP contribution in [0.4, 0.5) is 0 Å². The molecule has 0 unspecified atom stereocenters. The van der Waals surface area contributed by atoms with Crippen LogP contribution in [0.5, 0.6) is 17.2 Å². The molecule has 0 saturated heterocycles. The highest BCUT2D eigenvalue weighted by Crippen LogP contribution is 2.35. The van der Waals surface area contributed by atoms with Crippen molar-refractivity contribution >= 4 is 10.9 Å². The number of ether oxygens (including phenoxy) is 3. The molecule has 0 fully saturated rings. The first-order valence-electron chi connectivity index (χ1n) is 14.2. The van der Waals surface area contributed by atoms with Crippen molar-refractivity contribution in [3.8, 4) is 17.2 Å². The van der Waals surface area contributed by atoms with Crippen molar-refractivity contribution in [3.05, 3.63) is 28.6 Å².